The van der Waals surface area contributed by atoms with E-state index in [1.165, 1.54) is 12.1 Å². The molecule has 9 nitrogen and oxygen atoms in total. The van der Waals surface area contributed by atoms with E-state index in [0.717, 1.165) is 48.7 Å². The summed E-state index contributed by atoms with van der Waals surface area (Å²) in [5.41, 5.74) is 3.53. The Kier molecular flexibility index (Phi) is 7.01. The molecule has 3 aromatic carbocycles. The molecule has 9 heteroatoms. The maximum Gasteiger partial charge on any atom is 0.269 e. The van der Waals surface area contributed by atoms with E-state index < -0.39 is 10.5 Å². The number of H-pyrrole nitrogens is 1. The maximum absolute atomic E-state index is 12.5. The molecule has 0 bridgehead atoms. The van der Waals surface area contributed by atoms with E-state index >= 15 is 0 Å². The van der Waals surface area contributed by atoms with Crippen molar-refractivity contribution in [3.8, 4) is 5.88 Å². The van der Waals surface area contributed by atoms with Gasteiger partial charge in [-0.25, -0.2) is 0 Å². The van der Waals surface area contributed by atoms with Crippen LogP contribution in [-0.4, -0.2) is 59.4 Å². The zero-order chi connectivity index (χ0) is 26.6. The number of rotatable bonds is 6. The van der Waals surface area contributed by atoms with Crippen LogP contribution in [0, 0.1) is 10.1 Å². The number of fused-ring (bicyclic) bond motifs is 1. The molecule has 5 rings (SSSR count). The lowest BCUT2D eigenvalue weighted by Gasteiger charge is -2.34. The number of nitro groups is 1. The van der Waals surface area contributed by atoms with Crippen LogP contribution >= 0.6 is 0 Å². The molecule has 0 amide bonds. The highest BCUT2D eigenvalue weighted by molar-refractivity contribution is 6.02. The van der Waals surface area contributed by atoms with Crippen LogP contribution in [0.4, 0.5) is 17.1 Å². The molecule has 1 aliphatic rings. The number of benzene rings is 3. The van der Waals surface area contributed by atoms with Gasteiger partial charge in [0, 0.05) is 61.0 Å². The number of aromatic hydroxyl groups is 1. The maximum atomic E-state index is 12.5. The Labute approximate surface area is 219 Å². The second kappa shape index (κ2) is 10.7. The van der Waals surface area contributed by atoms with Crippen LogP contribution in [0.2, 0.25) is 0 Å². The molecule has 0 radical (unpaired) electrons. The number of aromatic nitrogens is 1. The first-order chi connectivity index (χ1) is 18.4. The van der Waals surface area contributed by atoms with Gasteiger partial charge in [0.2, 0.25) is 5.88 Å². The van der Waals surface area contributed by atoms with Crippen molar-refractivity contribution in [2.75, 3.05) is 38.1 Å². The Morgan fingerprint density at radius 3 is 2.26 bits per heavy atom. The summed E-state index contributed by atoms with van der Waals surface area (Å²) >= 11 is 0. The number of nitro benzene ring substituents is 1. The number of nitrogens with one attached hydrogen (secondary N) is 1. The number of aliphatic imine (C=N–C) groups is 1. The number of anilines is 1. The third kappa shape index (κ3) is 5.47. The summed E-state index contributed by atoms with van der Waals surface area (Å²) in [6.07, 6.45) is 5.23. The highest BCUT2D eigenvalue weighted by atomic mass is 16.6. The molecule has 192 valence electrons. The first kappa shape index (κ1) is 24.9. The molecular weight excluding hydrogens is 482 g/mol. The molecule has 0 saturated carbocycles. The van der Waals surface area contributed by atoms with Gasteiger partial charge in [-0.1, -0.05) is 18.2 Å². The van der Waals surface area contributed by atoms with Gasteiger partial charge in [-0.3, -0.25) is 24.9 Å². The molecule has 0 spiro atoms. The summed E-state index contributed by atoms with van der Waals surface area (Å²) < 4.78 is 0. The van der Waals surface area contributed by atoms with E-state index in [-0.39, 0.29) is 11.6 Å². The summed E-state index contributed by atoms with van der Waals surface area (Å²) in [7, 11) is 2.13. The van der Waals surface area contributed by atoms with Crippen LogP contribution < -0.4 is 10.5 Å². The van der Waals surface area contributed by atoms with Gasteiger partial charge < -0.3 is 14.9 Å². The van der Waals surface area contributed by atoms with Gasteiger partial charge in [-0.15, -0.1) is 0 Å². The van der Waals surface area contributed by atoms with Crippen molar-refractivity contribution in [1.29, 1.82) is 0 Å². The minimum atomic E-state index is -0.439. The van der Waals surface area contributed by atoms with Gasteiger partial charge in [0.05, 0.1) is 16.2 Å². The second-order valence-corrected chi connectivity index (χ2v) is 9.27. The van der Waals surface area contributed by atoms with Crippen molar-refractivity contribution >= 4 is 46.2 Å². The molecule has 0 atom stereocenters. The van der Waals surface area contributed by atoms with Gasteiger partial charge in [-0.05, 0) is 66.7 Å². The number of piperazine rings is 1. The quantitative estimate of drug-likeness (QED) is 0.167. The third-order valence-electron chi connectivity index (χ3n) is 6.70. The van der Waals surface area contributed by atoms with Crippen LogP contribution in [0.5, 0.6) is 5.88 Å². The zero-order valence-corrected chi connectivity index (χ0v) is 20.9. The van der Waals surface area contributed by atoms with E-state index in [1.54, 1.807) is 30.5 Å². The fourth-order valence-corrected chi connectivity index (χ4v) is 4.44. The predicted molar refractivity (Wildman–Crippen MR) is 152 cm³/mol. The Morgan fingerprint density at radius 2 is 1.58 bits per heavy atom. The van der Waals surface area contributed by atoms with Crippen LogP contribution in [0.15, 0.2) is 76.5 Å². The SMILES string of the molecule is CN1CCN(c2ccc(N=Cc3c(O)[nH]c(=O)c4ccc(C=Cc5ccc([N+](=O)[O-])cc5)cc34)cc2)CC1. The van der Waals surface area contributed by atoms with Gasteiger partial charge >= 0.3 is 0 Å². The molecule has 0 unspecified atom stereocenters. The van der Waals surface area contributed by atoms with Crippen LogP contribution in [0.1, 0.15) is 16.7 Å². The molecule has 2 N–H and O–H groups in total. The topological polar surface area (TPSA) is 115 Å². The molecule has 1 saturated heterocycles. The lowest BCUT2D eigenvalue weighted by molar-refractivity contribution is -0.384. The lowest BCUT2D eigenvalue weighted by Crippen LogP contribution is -2.44. The number of non-ortho nitro benzene ring substituents is 1. The Morgan fingerprint density at radius 1 is 0.921 bits per heavy atom. The molecule has 38 heavy (non-hydrogen) atoms. The number of pyridine rings is 1. The predicted octanol–water partition coefficient (Wildman–Crippen LogP) is 4.81. The normalized spacial score (nSPS) is 14.6. The molecule has 0 aliphatic carbocycles. The minimum Gasteiger partial charge on any atom is -0.494 e. The van der Waals surface area contributed by atoms with Crippen molar-refractivity contribution in [3.63, 3.8) is 0 Å². The van der Waals surface area contributed by atoms with Gasteiger partial charge in [-0.2, -0.15) is 0 Å². The van der Waals surface area contributed by atoms with Crippen molar-refractivity contribution in [3.05, 3.63) is 104 Å². The molecule has 1 fully saturated rings. The second-order valence-electron chi connectivity index (χ2n) is 9.27. The van der Waals surface area contributed by atoms with Crippen molar-refractivity contribution < 1.29 is 10.0 Å². The largest absolute Gasteiger partial charge is 0.494 e. The van der Waals surface area contributed by atoms with Gasteiger partial charge in [0.1, 0.15) is 0 Å². The lowest BCUT2D eigenvalue weighted by atomic mass is 10.0. The van der Waals surface area contributed by atoms with Crippen molar-refractivity contribution in [2.24, 2.45) is 4.99 Å². The number of nitrogens with zero attached hydrogens (tertiary/aromatic N) is 4. The fraction of sp³-hybridized carbons (Fsp3) is 0.172. The van der Waals surface area contributed by atoms with Crippen molar-refractivity contribution in [2.45, 2.75) is 0 Å². The fourth-order valence-electron chi connectivity index (χ4n) is 4.44. The number of hydrogen-bond donors (Lipinski definition) is 2. The average molecular weight is 510 g/mol. The minimum absolute atomic E-state index is 0.0282. The van der Waals surface area contributed by atoms with Gasteiger partial charge in [0.15, 0.2) is 0 Å². The Hall–Kier alpha value is -4.76. The molecule has 2 heterocycles. The Bertz CT molecular complexity index is 1580. The zero-order valence-electron chi connectivity index (χ0n) is 20.9. The van der Waals surface area contributed by atoms with E-state index in [1.807, 2.05) is 42.5 Å². The summed E-state index contributed by atoms with van der Waals surface area (Å²) in [6, 6.07) is 19.5. The van der Waals surface area contributed by atoms with Gasteiger partial charge in [0.25, 0.3) is 11.2 Å². The molecular formula is C29H27N5O4. The number of aromatic amines is 1. The highest BCUT2D eigenvalue weighted by Gasteiger charge is 2.14. The third-order valence-corrected chi connectivity index (χ3v) is 6.70. The first-order valence-corrected chi connectivity index (χ1v) is 12.3. The van der Waals surface area contributed by atoms with Crippen molar-refractivity contribution in [1.82, 2.24) is 9.88 Å². The monoisotopic (exact) mass is 509 g/mol. The summed E-state index contributed by atoms with van der Waals surface area (Å²) in [5.74, 6) is -0.253. The molecule has 4 aromatic rings. The standard InChI is InChI=1S/C29H27N5O4/c1-32-14-16-33(17-15-32)23-11-7-22(8-12-23)30-19-27-26-18-21(6-13-25(26)28(35)31-29(27)36)3-2-20-4-9-24(10-5-20)34(37)38/h2-13,18-19H,14-17H2,1H3,(H2,31,35,36). The van der Waals surface area contributed by atoms with E-state index in [4.69, 9.17) is 0 Å². The highest BCUT2D eigenvalue weighted by Crippen LogP contribution is 2.25. The van der Waals surface area contributed by atoms with Crippen LogP contribution in [0.25, 0.3) is 22.9 Å². The summed E-state index contributed by atoms with van der Waals surface area (Å²) in [6.45, 7) is 4.03. The number of likely N-dealkylation sites (N-methyl/N-ethyl adjacent to an activating group) is 1. The molecule has 1 aliphatic heterocycles. The van der Waals surface area contributed by atoms with E-state index in [9.17, 15) is 20.0 Å². The van der Waals surface area contributed by atoms with Crippen LogP contribution in [0.3, 0.4) is 0 Å². The first-order valence-electron chi connectivity index (χ1n) is 12.3. The van der Waals surface area contributed by atoms with E-state index in [0.29, 0.717) is 16.3 Å². The van der Waals surface area contributed by atoms with E-state index in [2.05, 4.69) is 26.8 Å². The average Bonchev–Trinajstić information content (AvgIpc) is 2.92. The number of hydrogen-bond acceptors (Lipinski definition) is 7. The summed E-state index contributed by atoms with van der Waals surface area (Å²) in [4.78, 5) is 34.6. The smallest absolute Gasteiger partial charge is 0.269 e. The Balaban J connectivity index is 1.41. The summed E-state index contributed by atoms with van der Waals surface area (Å²) in [5, 5.41) is 22.4. The van der Waals surface area contributed by atoms with Crippen LogP contribution in [-0.2, 0) is 0 Å². The molecule has 1 aromatic heterocycles.